The fourth-order valence-corrected chi connectivity index (χ4v) is 1.55. The summed E-state index contributed by atoms with van der Waals surface area (Å²) in [4.78, 5) is 5.63. The molecule has 1 aromatic heterocycles. The van der Waals surface area contributed by atoms with Gasteiger partial charge in [-0.15, -0.1) is 0 Å². The molecule has 1 rings (SSSR count). The molecule has 0 bridgehead atoms. The monoisotopic (exact) mass is 296 g/mol. The van der Waals surface area contributed by atoms with Gasteiger partial charge in [0, 0.05) is 24.6 Å². The predicted molar refractivity (Wildman–Crippen MR) is 60.9 cm³/mol. The van der Waals surface area contributed by atoms with Gasteiger partial charge in [0.05, 0.1) is 5.56 Å². The zero-order chi connectivity index (χ0) is 12.3. The molecule has 16 heavy (non-hydrogen) atoms. The summed E-state index contributed by atoms with van der Waals surface area (Å²) >= 11 is 3.28. The topological polar surface area (TPSA) is 16.1 Å². The summed E-state index contributed by atoms with van der Waals surface area (Å²) in [7, 11) is 1.72. The molecule has 0 fully saturated rings. The van der Waals surface area contributed by atoms with Crippen molar-refractivity contribution in [3.05, 3.63) is 23.9 Å². The Kier molecular flexibility index (Phi) is 4.18. The molecule has 2 nitrogen and oxygen atoms in total. The lowest BCUT2D eigenvalue weighted by Gasteiger charge is -2.24. The first-order valence-corrected chi connectivity index (χ1v) is 5.80. The summed E-state index contributed by atoms with van der Waals surface area (Å²) in [5.41, 5.74) is -0.675. The van der Waals surface area contributed by atoms with Crippen molar-refractivity contribution < 1.29 is 13.2 Å². The van der Waals surface area contributed by atoms with Crippen molar-refractivity contribution in [2.75, 3.05) is 17.3 Å². The Bertz CT molecular complexity index is 354. The van der Waals surface area contributed by atoms with Gasteiger partial charge in [0.15, 0.2) is 0 Å². The van der Waals surface area contributed by atoms with Gasteiger partial charge in [-0.25, -0.2) is 4.98 Å². The van der Waals surface area contributed by atoms with Crippen molar-refractivity contribution in [1.29, 1.82) is 0 Å². The fraction of sp³-hybridized carbons (Fsp3) is 0.500. The van der Waals surface area contributed by atoms with Gasteiger partial charge in [-0.05, 0) is 19.1 Å². The fourth-order valence-electron chi connectivity index (χ4n) is 1.12. The summed E-state index contributed by atoms with van der Waals surface area (Å²) < 4.78 is 37.4. The Morgan fingerprint density at radius 3 is 2.62 bits per heavy atom. The lowest BCUT2D eigenvalue weighted by molar-refractivity contribution is -0.137. The lowest BCUT2D eigenvalue weighted by atomic mass is 10.2. The second-order valence-electron chi connectivity index (χ2n) is 3.51. The van der Waals surface area contributed by atoms with E-state index in [-0.39, 0.29) is 6.04 Å². The summed E-state index contributed by atoms with van der Waals surface area (Å²) in [6.07, 6.45) is -3.15. The molecule has 90 valence electrons. The Morgan fingerprint density at radius 2 is 2.12 bits per heavy atom. The van der Waals surface area contributed by atoms with Gasteiger partial charge in [0.1, 0.15) is 5.82 Å². The molecule has 0 spiro atoms. The molecule has 1 aromatic rings. The van der Waals surface area contributed by atoms with E-state index in [2.05, 4.69) is 20.9 Å². The third kappa shape index (κ3) is 3.10. The molecule has 0 saturated heterocycles. The van der Waals surface area contributed by atoms with E-state index in [0.29, 0.717) is 11.1 Å². The highest BCUT2D eigenvalue weighted by Gasteiger charge is 2.31. The van der Waals surface area contributed by atoms with Crippen LogP contribution in [0.2, 0.25) is 0 Å². The lowest BCUT2D eigenvalue weighted by Crippen LogP contribution is -2.30. The van der Waals surface area contributed by atoms with Crippen LogP contribution in [0, 0.1) is 0 Å². The first-order valence-electron chi connectivity index (χ1n) is 4.68. The van der Waals surface area contributed by atoms with Crippen LogP contribution in [0.1, 0.15) is 12.5 Å². The van der Waals surface area contributed by atoms with Crippen molar-refractivity contribution in [2.24, 2.45) is 0 Å². The maximum Gasteiger partial charge on any atom is 0.416 e. The highest BCUT2D eigenvalue weighted by molar-refractivity contribution is 9.09. The zero-order valence-electron chi connectivity index (χ0n) is 8.92. The van der Waals surface area contributed by atoms with Crippen molar-refractivity contribution in [3.63, 3.8) is 0 Å². The molecule has 1 heterocycles. The number of halogens is 4. The standard InChI is InChI=1S/C10H12BrF3N2/c1-7(6-11)16(2)9-5-8(3-4-15-9)10(12,13)14/h3-5,7H,6H2,1-2H3. The second kappa shape index (κ2) is 5.03. The van der Waals surface area contributed by atoms with E-state index in [0.717, 1.165) is 12.1 Å². The molecule has 0 amide bonds. The summed E-state index contributed by atoms with van der Waals surface area (Å²) in [6.45, 7) is 1.90. The van der Waals surface area contributed by atoms with Crippen molar-refractivity contribution in [3.8, 4) is 0 Å². The summed E-state index contributed by atoms with van der Waals surface area (Å²) in [5, 5.41) is 0.668. The van der Waals surface area contributed by atoms with Crippen LogP contribution in [0.25, 0.3) is 0 Å². The minimum atomic E-state index is -4.32. The molecule has 1 atom stereocenters. The average molecular weight is 297 g/mol. The van der Waals surface area contributed by atoms with E-state index in [9.17, 15) is 13.2 Å². The molecular formula is C10H12BrF3N2. The van der Waals surface area contributed by atoms with Crippen LogP contribution in [0.15, 0.2) is 18.3 Å². The van der Waals surface area contributed by atoms with Crippen LogP contribution in [0.3, 0.4) is 0 Å². The first kappa shape index (κ1) is 13.3. The molecule has 1 unspecified atom stereocenters. The highest BCUT2D eigenvalue weighted by Crippen LogP contribution is 2.30. The molecule has 0 aliphatic heterocycles. The third-order valence-corrected chi connectivity index (χ3v) is 3.26. The van der Waals surface area contributed by atoms with Crippen molar-refractivity contribution in [2.45, 2.75) is 19.1 Å². The van der Waals surface area contributed by atoms with Gasteiger partial charge in [-0.2, -0.15) is 13.2 Å². The molecule has 0 N–H and O–H groups in total. The molecule has 0 aliphatic carbocycles. The zero-order valence-corrected chi connectivity index (χ0v) is 10.5. The SMILES string of the molecule is CC(CBr)N(C)c1cc(C(F)(F)F)ccn1. The van der Waals surface area contributed by atoms with Gasteiger partial charge >= 0.3 is 6.18 Å². The van der Waals surface area contributed by atoms with E-state index in [1.807, 2.05) is 6.92 Å². The van der Waals surface area contributed by atoms with Crippen LogP contribution < -0.4 is 4.90 Å². The van der Waals surface area contributed by atoms with E-state index >= 15 is 0 Å². The largest absolute Gasteiger partial charge is 0.416 e. The van der Waals surface area contributed by atoms with Gasteiger partial charge in [0.25, 0.3) is 0 Å². The minimum absolute atomic E-state index is 0.0796. The first-order chi connectivity index (χ1) is 7.36. The number of aromatic nitrogens is 1. The van der Waals surface area contributed by atoms with Gasteiger partial charge < -0.3 is 4.90 Å². The van der Waals surface area contributed by atoms with Crippen molar-refractivity contribution >= 4 is 21.7 Å². The molecule has 0 saturated carbocycles. The number of rotatable bonds is 3. The Morgan fingerprint density at radius 1 is 1.50 bits per heavy atom. The molecule has 0 aliphatic rings. The predicted octanol–water partition coefficient (Wildman–Crippen LogP) is 3.32. The summed E-state index contributed by atoms with van der Waals surface area (Å²) in [6, 6.07) is 2.10. The number of alkyl halides is 4. The van der Waals surface area contributed by atoms with Crippen LogP contribution in [-0.4, -0.2) is 23.4 Å². The average Bonchev–Trinajstić information content (AvgIpc) is 2.26. The molecule has 0 aromatic carbocycles. The highest BCUT2D eigenvalue weighted by atomic mass is 79.9. The van der Waals surface area contributed by atoms with E-state index in [4.69, 9.17) is 0 Å². The normalized spacial score (nSPS) is 13.6. The number of anilines is 1. The number of nitrogens with zero attached hydrogens (tertiary/aromatic N) is 2. The van der Waals surface area contributed by atoms with Crippen LogP contribution in [0.4, 0.5) is 19.0 Å². The summed E-state index contributed by atoms with van der Waals surface area (Å²) in [5.74, 6) is 0.321. The van der Waals surface area contributed by atoms with Crippen molar-refractivity contribution in [1.82, 2.24) is 4.98 Å². The van der Waals surface area contributed by atoms with Crippen LogP contribution in [0.5, 0.6) is 0 Å². The Hall–Kier alpha value is -0.780. The molecule has 6 heteroatoms. The van der Waals surface area contributed by atoms with E-state index in [1.54, 1.807) is 11.9 Å². The quantitative estimate of drug-likeness (QED) is 0.796. The Labute approximate surface area is 101 Å². The smallest absolute Gasteiger partial charge is 0.356 e. The maximum atomic E-state index is 12.5. The van der Waals surface area contributed by atoms with Crippen LogP contribution in [-0.2, 0) is 6.18 Å². The van der Waals surface area contributed by atoms with Gasteiger partial charge in [-0.3, -0.25) is 0 Å². The van der Waals surface area contributed by atoms with Crippen LogP contribution >= 0.6 is 15.9 Å². The molecular weight excluding hydrogens is 285 g/mol. The van der Waals surface area contributed by atoms with Gasteiger partial charge in [0.2, 0.25) is 0 Å². The number of pyridine rings is 1. The maximum absolute atomic E-state index is 12.5. The van der Waals surface area contributed by atoms with Gasteiger partial charge in [-0.1, -0.05) is 15.9 Å². The van der Waals surface area contributed by atoms with E-state index in [1.165, 1.54) is 6.20 Å². The van der Waals surface area contributed by atoms with E-state index < -0.39 is 11.7 Å². The number of hydrogen-bond donors (Lipinski definition) is 0. The Balaban J connectivity index is 2.99. The number of hydrogen-bond acceptors (Lipinski definition) is 2. The second-order valence-corrected chi connectivity index (χ2v) is 4.16. The minimum Gasteiger partial charge on any atom is -0.356 e. The third-order valence-electron chi connectivity index (χ3n) is 2.32. The molecule has 0 radical (unpaired) electrons.